The van der Waals surface area contributed by atoms with Gasteiger partial charge >= 0.3 is 5.97 Å². The van der Waals surface area contributed by atoms with Crippen molar-refractivity contribution in [1.29, 1.82) is 0 Å². The molecule has 0 amide bonds. The van der Waals surface area contributed by atoms with Crippen molar-refractivity contribution in [3.63, 3.8) is 0 Å². The molecule has 86 valence electrons. The molecule has 2 bridgehead atoms. The van der Waals surface area contributed by atoms with E-state index in [1.54, 1.807) is 0 Å². The molecule has 2 aliphatic rings. The summed E-state index contributed by atoms with van der Waals surface area (Å²) in [7, 11) is 0. The average molecular weight is 211 g/mol. The predicted molar refractivity (Wildman–Crippen MR) is 58.1 cm³/mol. The fraction of sp³-hybridized carbons (Fsp3) is 0.917. The van der Waals surface area contributed by atoms with Crippen LogP contribution in [0.1, 0.15) is 40.5 Å². The van der Waals surface area contributed by atoms with Gasteiger partial charge in [-0.25, -0.2) is 0 Å². The predicted octanol–water partition coefficient (Wildman–Crippen LogP) is 1.70. The third-order valence-electron chi connectivity index (χ3n) is 5.11. The molecule has 2 fully saturated rings. The van der Waals surface area contributed by atoms with Crippen LogP contribution in [0.2, 0.25) is 0 Å². The minimum atomic E-state index is -0.208. The Labute approximate surface area is 91.4 Å². The van der Waals surface area contributed by atoms with Crippen molar-refractivity contribution in [2.75, 3.05) is 0 Å². The maximum atomic E-state index is 11.1. The summed E-state index contributed by atoms with van der Waals surface area (Å²) < 4.78 is 5.43. The Morgan fingerprint density at radius 2 is 2.00 bits per heavy atom. The normalized spacial score (nSPS) is 46.9. The van der Waals surface area contributed by atoms with Gasteiger partial charge in [-0.3, -0.25) is 4.79 Å². The van der Waals surface area contributed by atoms with Crippen LogP contribution in [0.25, 0.3) is 0 Å². The van der Waals surface area contributed by atoms with Crippen LogP contribution < -0.4 is 5.73 Å². The van der Waals surface area contributed by atoms with Crippen molar-refractivity contribution in [1.82, 2.24) is 0 Å². The lowest BCUT2D eigenvalue weighted by Gasteiger charge is -2.38. The van der Waals surface area contributed by atoms with Gasteiger partial charge < -0.3 is 10.5 Å². The van der Waals surface area contributed by atoms with Crippen molar-refractivity contribution in [2.24, 2.45) is 22.5 Å². The lowest BCUT2D eigenvalue weighted by molar-refractivity contribution is -0.155. The summed E-state index contributed by atoms with van der Waals surface area (Å²) in [6.07, 6.45) is 2.20. The SMILES string of the molecule is CC(=O)OC1C(N)C2CCC1(C)C2(C)C. The van der Waals surface area contributed by atoms with Crippen LogP contribution in [0.5, 0.6) is 0 Å². The van der Waals surface area contributed by atoms with Crippen LogP contribution in [0.15, 0.2) is 0 Å². The number of hydrogen-bond donors (Lipinski definition) is 1. The second-order valence-electron chi connectivity index (χ2n) is 5.89. The topological polar surface area (TPSA) is 52.3 Å². The zero-order valence-electron chi connectivity index (χ0n) is 10.0. The van der Waals surface area contributed by atoms with E-state index in [2.05, 4.69) is 20.8 Å². The third kappa shape index (κ3) is 1.19. The lowest BCUT2D eigenvalue weighted by Crippen LogP contribution is -2.46. The largest absolute Gasteiger partial charge is 0.460 e. The molecule has 0 radical (unpaired) electrons. The summed E-state index contributed by atoms with van der Waals surface area (Å²) in [5.41, 5.74) is 6.44. The molecule has 15 heavy (non-hydrogen) atoms. The number of fused-ring (bicyclic) bond motifs is 2. The molecule has 2 rings (SSSR count). The van der Waals surface area contributed by atoms with E-state index < -0.39 is 0 Å². The fourth-order valence-electron chi connectivity index (χ4n) is 3.77. The van der Waals surface area contributed by atoms with Crippen LogP contribution >= 0.6 is 0 Å². The van der Waals surface area contributed by atoms with Gasteiger partial charge in [0.1, 0.15) is 6.10 Å². The summed E-state index contributed by atoms with van der Waals surface area (Å²) in [5, 5.41) is 0. The van der Waals surface area contributed by atoms with Crippen molar-refractivity contribution >= 4 is 5.97 Å². The maximum absolute atomic E-state index is 11.1. The molecule has 4 unspecified atom stereocenters. The molecule has 0 aromatic rings. The minimum Gasteiger partial charge on any atom is -0.460 e. The molecule has 0 aromatic carbocycles. The van der Waals surface area contributed by atoms with Crippen LogP contribution in [0, 0.1) is 16.7 Å². The highest BCUT2D eigenvalue weighted by Gasteiger charge is 2.66. The molecule has 0 aromatic heterocycles. The quantitative estimate of drug-likeness (QED) is 0.672. The van der Waals surface area contributed by atoms with Gasteiger partial charge in [0.15, 0.2) is 0 Å². The van der Waals surface area contributed by atoms with Crippen LogP contribution in [0.4, 0.5) is 0 Å². The van der Waals surface area contributed by atoms with E-state index in [-0.39, 0.29) is 28.9 Å². The molecular weight excluding hydrogens is 190 g/mol. The van der Waals surface area contributed by atoms with Crippen LogP contribution in [-0.2, 0) is 9.53 Å². The first-order valence-electron chi connectivity index (χ1n) is 5.73. The van der Waals surface area contributed by atoms with Crippen molar-refractivity contribution in [3.05, 3.63) is 0 Å². The highest BCUT2D eigenvalue weighted by molar-refractivity contribution is 5.66. The highest BCUT2D eigenvalue weighted by Crippen LogP contribution is 2.65. The lowest BCUT2D eigenvalue weighted by atomic mass is 9.70. The van der Waals surface area contributed by atoms with Gasteiger partial charge in [-0.05, 0) is 24.2 Å². The number of nitrogens with two attached hydrogens (primary N) is 1. The molecular formula is C12H21NO2. The van der Waals surface area contributed by atoms with Gasteiger partial charge in [-0.1, -0.05) is 20.8 Å². The Kier molecular flexibility index (Phi) is 2.16. The Morgan fingerprint density at radius 3 is 2.40 bits per heavy atom. The molecule has 4 atom stereocenters. The van der Waals surface area contributed by atoms with Gasteiger partial charge in [0, 0.05) is 18.4 Å². The van der Waals surface area contributed by atoms with E-state index >= 15 is 0 Å². The smallest absolute Gasteiger partial charge is 0.302 e. The third-order valence-corrected chi connectivity index (χ3v) is 5.11. The number of esters is 1. The highest BCUT2D eigenvalue weighted by atomic mass is 16.5. The first-order valence-corrected chi connectivity index (χ1v) is 5.73. The molecule has 3 nitrogen and oxygen atoms in total. The van der Waals surface area contributed by atoms with E-state index in [4.69, 9.17) is 10.5 Å². The van der Waals surface area contributed by atoms with Gasteiger partial charge in [0.2, 0.25) is 0 Å². The molecule has 0 spiro atoms. The number of hydrogen-bond acceptors (Lipinski definition) is 3. The van der Waals surface area contributed by atoms with E-state index in [1.807, 2.05) is 0 Å². The summed E-state index contributed by atoms with van der Waals surface area (Å²) in [6, 6.07) is 0.0163. The van der Waals surface area contributed by atoms with E-state index in [0.29, 0.717) is 5.92 Å². The number of carbonyl (C=O) groups is 1. The van der Waals surface area contributed by atoms with Crippen molar-refractivity contribution in [2.45, 2.75) is 52.7 Å². The van der Waals surface area contributed by atoms with E-state index in [0.717, 1.165) is 6.42 Å². The summed E-state index contributed by atoms with van der Waals surface area (Å²) in [4.78, 5) is 11.1. The standard InChI is InChI=1S/C12H21NO2/c1-7(14)15-10-9(13)8-5-6-12(10,4)11(8,2)3/h8-10H,5-6,13H2,1-4H3. The monoisotopic (exact) mass is 211 g/mol. The van der Waals surface area contributed by atoms with Gasteiger partial charge in [0.05, 0.1) is 0 Å². The molecule has 2 N–H and O–H groups in total. The summed E-state index contributed by atoms with van der Waals surface area (Å²) in [5.74, 6) is 0.284. The van der Waals surface area contributed by atoms with E-state index in [1.165, 1.54) is 13.3 Å². The van der Waals surface area contributed by atoms with Crippen LogP contribution in [0.3, 0.4) is 0 Å². The first-order chi connectivity index (χ1) is 6.80. The molecule has 0 aliphatic heterocycles. The molecule has 0 heterocycles. The Balaban J connectivity index is 2.32. The second kappa shape index (κ2) is 2.97. The second-order valence-corrected chi connectivity index (χ2v) is 5.89. The van der Waals surface area contributed by atoms with E-state index in [9.17, 15) is 4.79 Å². The van der Waals surface area contributed by atoms with Gasteiger partial charge in [-0.2, -0.15) is 0 Å². The summed E-state index contributed by atoms with van der Waals surface area (Å²) >= 11 is 0. The number of rotatable bonds is 1. The molecule has 2 aliphatic carbocycles. The molecule has 2 saturated carbocycles. The number of carbonyl (C=O) groups excluding carboxylic acids is 1. The number of ether oxygens (including phenoxy) is 1. The Hall–Kier alpha value is -0.570. The first kappa shape index (κ1) is 10.9. The zero-order valence-corrected chi connectivity index (χ0v) is 10.0. The maximum Gasteiger partial charge on any atom is 0.302 e. The fourth-order valence-corrected chi connectivity index (χ4v) is 3.77. The minimum absolute atomic E-state index is 0.0163. The Bertz CT molecular complexity index is 300. The van der Waals surface area contributed by atoms with Gasteiger partial charge in [-0.15, -0.1) is 0 Å². The van der Waals surface area contributed by atoms with Gasteiger partial charge in [0.25, 0.3) is 0 Å². The summed E-state index contributed by atoms with van der Waals surface area (Å²) in [6.45, 7) is 8.20. The zero-order chi connectivity index (χ0) is 11.4. The Morgan fingerprint density at radius 1 is 1.40 bits per heavy atom. The average Bonchev–Trinajstić information content (AvgIpc) is 2.39. The van der Waals surface area contributed by atoms with Crippen LogP contribution in [-0.4, -0.2) is 18.1 Å². The van der Waals surface area contributed by atoms with Crippen molar-refractivity contribution in [3.8, 4) is 0 Å². The molecule has 0 saturated heterocycles. The van der Waals surface area contributed by atoms with Crippen molar-refractivity contribution < 1.29 is 9.53 Å². The molecule has 3 heteroatoms.